The van der Waals surface area contributed by atoms with Crippen molar-refractivity contribution in [3.8, 4) is 0 Å². The molecule has 1 N–H and O–H groups in total. The summed E-state index contributed by atoms with van der Waals surface area (Å²) in [7, 11) is 0. The van der Waals surface area contributed by atoms with Gasteiger partial charge in [-0.25, -0.2) is 0 Å². The van der Waals surface area contributed by atoms with E-state index >= 15 is 0 Å². The maximum atomic E-state index is 14.1. The number of thioether (sulfide) groups is 1. The highest BCUT2D eigenvalue weighted by molar-refractivity contribution is 7.99. The van der Waals surface area contributed by atoms with Crippen molar-refractivity contribution in [3.05, 3.63) is 92.2 Å². The average molecular weight is 478 g/mol. The molecule has 1 spiro atoms. The van der Waals surface area contributed by atoms with Gasteiger partial charge >= 0.3 is 0 Å². The molecule has 2 saturated heterocycles. The molecule has 9 heteroatoms. The highest BCUT2D eigenvalue weighted by Gasteiger charge is 2.69. The van der Waals surface area contributed by atoms with E-state index in [-0.39, 0.29) is 29.3 Å². The Balaban J connectivity index is 1.62. The molecule has 3 aromatic rings. The van der Waals surface area contributed by atoms with Gasteiger partial charge in [0.05, 0.1) is 15.7 Å². The molecule has 33 heavy (non-hydrogen) atoms. The fraction of sp³-hybridized carbons (Fsp3) is 0.250. The Hall–Kier alpha value is -3.01. The van der Waals surface area contributed by atoms with Crippen molar-refractivity contribution in [2.24, 2.45) is 5.92 Å². The first-order chi connectivity index (χ1) is 16.0. The Morgan fingerprint density at radius 3 is 2.79 bits per heavy atom. The summed E-state index contributed by atoms with van der Waals surface area (Å²) in [5.41, 5.74) is 1.10. The van der Waals surface area contributed by atoms with Crippen molar-refractivity contribution < 1.29 is 14.5 Å². The predicted octanol–water partition coefficient (Wildman–Crippen LogP) is 4.48. The summed E-state index contributed by atoms with van der Waals surface area (Å²) >= 11 is 3.09. The second-order valence-corrected chi connectivity index (χ2v) is 10.4. The molecule has 3 aliphatic rings. The van der Waals surface area contributed by atoms with Gasteiger partial charge in [0.25, 0.3) is 5.69 Å². The fourth-order valence-electron chi connectivity index (χ4n) is 5.82. The number of rotatable bonds is 4. The van der Waals surface area contributed by atoms with Gasteiger partial charge in [-0.2, -0.15) is 0 Å². The third kappa shape index (κ3) is 2.79. The fourth-order valence-corrected chi connectivity index (χ4v) is 7.85. The quantitative estimate of drug-likeness (QED) is 0.339. The number of thiophene rings is 1. The van der Waals surface area contributed by atoms with Crippen LogP contribution in [0.3, 0.4) is 0 Å². The lowest BCUT2D eigenvalue weighted by Crippen LogP contribution is -2.52. The Labute approximate surface area is 197 Å². The van der Waals surface area contributed by atoms with E-state index in [2.05, 4.69) is 10.2 Å². The summed E-state index contributed by atoms with van der Waals surface area (Å²) in [6, 6.07) is 17.6. The first kappa shape index (κ1) is 20.6. The molecule has 1 amide bonds. The van der Waals surface area contributed by atoms with Gasteiger partial charge in [-0.1, -0.05) is 36.4 Å². The number of hydrogen-bond acceptors (Lipinski definition) is 7. The summed E-state index contributed by atoms with van der Waals surface area (Å²) in [4.78, 5) is 41.8. The van der Waals surface area contributed by atoms with Crippen molar-refractivity contribution in [1.29, 1.82) is 0 Å². The number of carbonyl (C=O) groups is 2. The minimum atomic E-state index is -1.15. The van der Waals surface area contributed by atoms with Crippen molar-refractivity contribution in [1.82, 2.24) is 4.90 Å². The van der Waals surface area contributed by atoms with Gasteiger partial charge in [0.15, 0.2) is 5.78 Å². The molecule has 1 aromatic heterocycles. The predicted molar refractivity (Wildman–Crippen MR) is 128 cm³/mol. The molecule has 0 saturated carbocycles. The number of nitrogens with one attached hydrogen (secondary N) is 1. The third-order valence-corrected chi connectivity index (χ3v) is 8.96. The number of nitro groups is 1. The number of non-ortho nitro benzene ring substituents is 1. The maximum absolute atomic E-state index is 14.1. The maximum Gasteiger partial charge on any atom is 0.269 e. The Kier molecular flexibility index (Phi) is 4.69. The molecule has 4 heterocycles. The van der Waals surface area contributed by atoms with Gasteiger partial charge in [-0.15, -0.1) is 23.1 Å². The minimum Gasteiger partial charge on any atom is -0.324 e. The molecule has 166 valence electrons. The van der Waals surface area contributed by atoms with E-state index in [0.29, 0.717) is 10.8 Å². The standard InChI is InChI=1S/C24H19N3O4S2/c28-22(19-9-4-10-33-19)21-20(14-5-3-6-15(11-14)27(30)31)18-12-32-13-26(18)24(21)16-7-1-2-8-17(16)25-23(24)29/h1-11,18,20-21H,12-13H2,(H,25,29)/t18-,20+,21+,24-/m1/s1. The van der Waals surface area contributed by atoms with Gasteiger partial charge in [-0.3, -0.25) is 24.6 Å². The van der Waals surface area contributed by atoms with Crippen molar-refractivity contribution in [2.75, 3.05) is 16.9 Å². The molecule has 4 atom stereocenters. The molecular formula is C24H19N3O4S2. The number of benzene rings is 2. The number of nitro benzene ring substituents is 1. The Morgan fingerprint density at radius 1 is 1.15 bits per heavy atom. The second kappa shape index (κ2) is 7.51. The van der Waals surface area contributed by atoms with Crippen LogP contribution < -0.4 is 5.32 Å². The van der Waals surface area contributed by atoms with Crippen LogP contribution in [0.2, 0.25) is 0 Å². The number of amides is 1. The lowest BCUT2D eigenvalue weighted by molar-refractivity contribution is -0.384. The third-order valence-electron chi connectivity index (χ3n) is 7.04. The number of anilines is 1. The highest BCUT2D eigenvalue weighted by Crippen LogP contribution is 2.61. The normalized spacial score (nSPS) is 28.0. The van der Waals surface area contributed by atoms with Crippen LogP contribution in [0.4, 0.5) is 11.4 Å². The number of fused-ring (bicyclic) bond motifs is 4. The van der Waals surface area contributed by atoms with Crippen LogP contribution in [-0.2, 0) is 10.3 Å². The van der Waals surface area contributed by atoms with Gasteiger partial charge < -0.3 is 5.32 Å². The molecule has 0 aliphatic carbocycles. The van der Waals surface area contributed by atoms with Gasteiger partial charge in [0.2, 0.25) is 5.91 Å². The SMILES string of the molecule is O=C(c1cccs1)[C@@H]1[C@@H](c2cccc([N+](=O)[O-])c2)[C@H]2CSCN2[C@@]12C(=O)Nc1ccccc12. The van der Waals surface area contributed by atoms with Crippen molar-refractivity contribution in [2.45, 2.75) is 17.5 Å². The molecular weight excluding hydrogens is 458 g/mol. The molecule has 3 aliphatic heterocycles. The van der Waals surface area contributed by atoms with Crippen LogP contribution in [-0.4, -0.2) is 39.2 Å². The smallest absolute Gasteiger partial charge is 0.269 e. The number of para-hydroxylation sites is 1. The van der Waals surface area contributed by atoms with Crippen LogP contribution in [0.1, 0.15) is 26.7 Å². The van der Waals surface area contributed by atoms with Gasteiger partial charge in [-0.05, 0) is 23.1 Å². The van der Waals surface area contributed by atoms with Crippen LogP contribution >= 0.6 is 23.1 Å². The number of nitrogens with zero attached hydrogens (tertiary/aromatic N) is 2. The van der Waals surface area contributed by atoms with E-state index in [0.717, 1.165) is 22.6 Å². The zero-order chi connectivity index (χ0) is 22.7. The molecule has 2 fully saturated rings. The van der Waals surface area contributed by atoms with Crippen LogP contribution in [0.5, 0.6) is 0 Å². The monoisotopic (exact) mass is 477 g/mol. The molecule has 2 aromatic carbocycles. The first-order valence-electron chi connectivity index (χ1n) is 10.6. The molecule has 6 rings (SSSR count). The van der Waals surface area contributed by atoms with E-state index in [1.165, 1.54) is 17.4 Å². The van der Waals surface area contributed by atoms with E-state index in [9.17, 15) is 19.7 Å². The molecule has 0 unspecified atom stereocenters. The van der Waals surface area contributed by atoms with Crippen molar-refractivity contribution >= 4 is 46.2 Å². The van der Waals surface area contributed by atoms with E-state index in [1.54, 1.807) is 30.0 Å². The molecule has 0 bridgehead atoms. The Morgan fingerprint density at radius 2 is 2.00 bits per heavy atom. The number of carbonyl (C=O) groups excluding carboxylic acids is 2. The lowest BCUT2D eigenvalue weighted by atomic mass is 9.70. The number of ketones is 1. The number of Topliss-reactive ketones (excluding diaryl/α,β-unsaturated/α-hetero) is 1. The largest absolute Gasteiger partial charge is 0.324 e. The first-order valence-corrected chi connectivity index (χ1v) is 12.6. The summed E-state index contributed by atoms with van der Waals surface area (Å²) in [5.74, 6) is 0.0242. The van der Waals surface area contributed by atoms with Crippen LogP contribution in [0.15, 0.2) is 66.0 Å². The van der Waals surface area contributed by atoms with E-state index < -0.39 is 16.4 Å². The highest BCUT2D eigenvalue weighted by atomic mass is 32.2. The van der Waals surface area contributed by atoms with Crippen LogP contribution in [0.25, 0.3) is 0 Å². The summed E-state index contributed by atoms with van der Waals surface area (Å²) in [6.07, 6.45) is 0. The lowest BCUT2D eigenvalue weighted by Gasteiger charge is -2.36. The van der Waals surface area contributed by atoms with Crippen LogP contribution in [0, 0.1) is 16.0 Å². The van der Waals surface area contributed by atoms with E-state index in [4.69, 9.17) is 0 Å². The second-order valence-electron chi connectivity index (χ2n) is 8.50. The van der Waals surface area contributed by atoms with Gasteiger partial charge in [0, 0.05) is 47.0 Å². The summed E-state index contributed by atoms with van der Waals surface area (Å²) in [5, 5.41) is 16.4. The van der Waals surface area contributed by atoms with E-state index in [1.807, 2.05) is 41.8 Å². The zero-order valence-corrected chi connectivity index (χ0v) is 19.0. The average Bonchev–Trinajstić information content (AvgIpc) is 3.59. The minimum absolute atomic E-state index is 0.00996. The molecule has 7 nitrogen and oxygen atoms in total. The van der Waals surface area contributed by atoms with Gasteiger partial charge in [0.1, 0.15) is 5.54 Å². The zero-order valence-electron chi connectivity index (χ0n) is 17.3. The topological polar surface area (TPSA) is 92.5 Å². The molecule has 0 radical (unpaired) electrons. The number of hydrogen-bond donors (Lipinski definition) is 1. The summed E-state index contributed by atoms with van der Waals surface area (Å²) in [6.45, 7) is 0. The van der Waals surface area contributed by atoms with Crippen molar-refractivity contribution in [3.63, 3.8) is 0 Å². The Bertz CT molecular complexity index is 1290. The summed E-state index contributed by atoms with van der Waals surface area (Å²) < 4.78 is 0.